The third-order valence-electron chi connectivity index (χ3n) is 2.36. The van der Waals surface area contributed by atoms with Gasteiger partial charge in [-0.15, -0.1) is 0 Å². The Balaban J connectivity index is 2.75. The maximum absolute atomic E-state index is 10.8. The fourth-order valence-electron chi connectivity index (χ4n) is 1.46. The van der Waals surface area contributed by atoms with Crippen molar-refractivity contribution >= 4 is 27.9 Å². The van der Waals surface area contributed by atoms with Crippen molar-refractivity contribution in [1.29, 1.82) is 0 Å². The summed E-state index contributed by atoms with van der Waals surface area (Å²) in [6.45, 7) is -0.195. The number of nitrogens with zero attached hydrogens (tertiary/aromatic N) is 1. The highest BCUT2D eigenvalue weighted by atomic mass is 79.9. The number of hydrogen-bond donors (Lipinski definition) is 4. The molecule has 0 aromatic heterocycles. The van der Waals surface area contributed by atoms with E-state index < -0.39 is 12.1 Å². The Hall–Kier alpha value is -1.80. The molecule has 110 valence electrons. The number of aliphatic hydroxyl groups excluding tert-OH is 1. The van der Waals surface area contributed by atoms with Crippen molar-refractivity contribution in [2.75, 3.05) is 13.2 Å². The summed E-state index contributed by atoms with van der Waals surface area (Å²) in [5.74, 6) is 0.00349. The van der Waals surface area contributed by atoms with Crippen molar-refractivity contribution in [1.82, 2.24) is 5.32 Å². The zero-order chi connectivity index (χ0) is 15.0. The summed E-state index contributed by atoms with van der Waals surface area (Å²) in [5, 5.41) is 23.2. The van der Waals surface area contributed by atoms with E-state index in [1.165, 1.54) is 0 Å². The van der Waals surface area contributed by atoms with Crippen LogP contribution in [0.2, 0.25) is 0 Å². The summed E-state index contributed by atoms with van der Waals surface area (Å²) in [6, 6.07) is 6.70. The highest BCUT2D eigenvalue weighted by Gasteiger charge is 2.17. The van der Waals surface area contributed by atoms with Crippen LogP contribution < -0.4 is 11.1 Å². The molecule has 0 heterocycles. The molecule has 5 N–H and O–H groups in total. The largest absolute Gasteiger partial charge is 0.465 e. The second kappa shape index (κ2) is 8.39. The van der Waals surface area contributed by atoms with Crippen molar-refractivity contribution in [3.8, 4) is 0 Å². The number of rotatable bonds is 7. The van der Waals surface area contributed by atoms with E-state index in [0.717, 1.165) is 10.0 Å². The predicted molar refractivity (Wildman–Crippen MR) is 77.5 cm³/mol. The van der Waals surface area contributed by atoms with Crippen LogP contribution in [0.15, 0.2) is 33.9 Å². The molecule has 0 saturated carbocycles. The van der Waals surface area contributed by atoms with Crippen molar-refractivity contribution in [2.45, 2.75) is 12.5 Å². The fraction of sp³-hybridized carbons (Fsp3) is 0.333. The van der Waals surface area contributed by atoms with Gasteiger partial charge in [0.2, 0.25) is 0 Å². The van der Waals surface area contributed by atoms with Gasteiger partial charge in [-0.3, -0.25) is 0 Å². The van der Waals surface area contributed by atoms with Gasteiger partial charge in [0.25, 0.3) is 0 Å². The zero-order valence-corrected chi connectivity index (χ0v) is 12.2. The number of halogens is 1. The lowest BCUT2D eigenvalue weighted by Gasteiger charge is -2.16. The molecule has 0 fully saturated rings. The van der Waals surface area contributed by atoms with Crippen LogP contribution in [0.4, 0.5) is 4.79 Å². The molecule has 1 aromatic carbocycles. The van der Waals surface area contributed by atoms with Gasteiger partial charge in [0, 0.05) is 10.9 Å². The number of nitrogens with one attached hydrogen (secondary N) is 1. The minimum atomic E-state index is -1.20. The quantitative estimate of drug-likeness (QED) is 0.253. The molecule has 0 aliphatic heterocycles. The first kappa shape index (κ1) is 16.3. The number of aliphatic hydroxyl groups is 1. The van der Waals surface area contributed by atoms with E-state index in [-0.39, 0.29) is 19.0 Å². The molecular weight excluding hydrogens is 330 g/mol. The van der Waals surface area contributed by atoms with Gasteiger partial charge in [-0.25, -0.2) is 4.79 Å². The monoisotopic (exact) mass is 345 g/mol. The van der Waals surface area contributed by atoms with Crippen molar-refractivity contribution in [2.24, 2.45) is 10.9 Å². The first-order valence-electron chi connectivity index (χ1n) is 5.83. The Bertz CT molecular complexity index is 464. The maximum Gasteiger partial charge on any atom is 0.405 e. The van der Waals surface area contributed by atoms with Crippen molar-refractivity contribution in [3.05, 3.63) is 34.3 Å². The van der Waals surface area contributed by atoms with Gasteiger partial charge < -0.3 is 26.1 Å². The first-order valence-corrected chi connectivity index (χ1v) is 6.62. The first-order chi connectivity index (χ1) is 9.52. The van der Waals surface area contributed by atoms with Crippen LogP contribution in [0.25, 0.3) is 0 Å². The molecule has 0 aliphatic rings. The Labute approximate surface area is 124 Å². The number of hydrogen-bond acceptors (Lipinski definition) is 4. The molecule has 0 spiro atoms. The lowest BCUT2D eigenvalue weighted by molar-refractivity contribution is 0.0974. The summed E-state index contributed by atoms with van der Waals surface area (Å²) in [5.41, 5.74) is 6.59. The van der Waals surface area contributed by atoms with Gasteiger partial charge in [0.1, 0.15) is 6.61 Å². The molecule has 1 rings (SSSR count). The highest BCUT2D eigenvalue weighted by molar-refractivity contribution is 9.10. The van der Waals surface area contributed by atoms with Gasteiger partial charge in [-0.2, -0.15) is 0 Å². The molecule has 0 aliphatic carbocycles. The number of carbonyl (C=O) groups is 1. The summed E-state index contributed by atoms with van der Waals surface area (Å²) in [4.78, 5) is 15.5. The molecule has 1 atom stereocenters. The summed E-state index contributed by atoms with van der Waals surface area (Å²) < 4.78 is 0.928. The molecule has 0 bridgehead atoms. The van der Waals surface area contributed by atoms with E-state index in [4.69, 9.17) is 20.8 Å². The van der Waals surface area contributed by atoms with Crippen LogP contribution >= 0.6 is 15.9 Å². The van der Waals surface area contributed by atoms with Crippen molar-refractivity contribution in [3.63, 3.8) is 0 Å². The molecule has 0 saturated heterocycles. The number of nitrogens with two attached hydrogens (primary N) is 1. The third kappa shape index (κ3) is 5.89. The topological polar surface area (TPSA) is 117 Å². The van der Waals surface area contributed by atoms with E-state index >= 15 is 0 Å². The Morgan fingerprint density at radius 3 is 2.65 bits per heavy atom. The smallest absolute Gasteiger partial charge is 0.405 e. The van der Waals surface area contributed by atoms with Gasteiger partial charge in [0.05, 0.1) is 12.6 Å². The van der Waals surface area contributed by atoms with Crippen LogP contribution in [0.1, 0.15) is 5.56 Å². The lowest BCUT2D eigenvalue weighted by atomic mass is 10.1. The summed E-state index contributed by atoms with van der Waals surface area (Å²) in [6.07, 6.45) is -0.857. The second-order valence-corrected chi connectivity index (χ2v) is 4.82. The number of carboxylic acid groups (broad SMARTS) is 1. The number of amides is 1. The van der Waals surface area contributed by atoms with Gasteiger partial charge in [0.15, 0.2) is 5.84 Å². The highest BCUT2D eigenvalue weighted by Crippen LogP contribution is 2.12. The molecule has 0 unspecified atom stereocenters. The van der Waals surface area contributed by atoms with Crippen LogP contribution in [-0.2, 0) is 11.3 Å². The summed E-state index contributed by atoms with van der Waals surface area (Å²) in [7, 11) is 0. The molecule has 7 nitrogen and oxygen atoms in total. The SMILES string of the molecule is NC(=NOCCO)[C@H](Cc1ccc(Br)cc1)NC(=O)O. The van der Waals surface area contributed by atoms with E-state index in [1.54, 1.807) is 0 Å². The van der Waals surface area contributed by atoms with Gasteiger partial charge in [-0.05, 0) is 17.7 Å². The molecule has 8 heteroatoms. The van der Waals surface area contributed by atoms with Crippen LogP contribution in [-0.4, -0.2) is 41.4 Å². The molecular formula is C12H16BrN3O4. The number of oxime groups is 1. The van der Waals surface area contributed by atoms with Crippen LogP contribution in [0, 0.1) is 0 Å². The molecule has 20 heavy (non-hydrogen) atoms. The number of amidine groups is 1. The average molecular weight is 346 g/mol. The van der Waals surface area contributed by atoms with Gasteiger partial charge >= 0.3 is 6.09 Å². The maximum atomic E-state index is 10.8. The number of benzene rings is 1. The normalized spacial score (nSPS) is 12.8. The van der Waals surface area contributed by atoms with Crippen LogP contribution in [0.3, 0.4) is 0 Å². The van der Waals surface area contributed by atoms with Crippen molar-refractivity contribution < 1.29 is 19.8 Å². The van der Waals surface area contributed by atoms with E-state index in [0.29, 0.717) is 6.42 Å². The Morgan fingerprint density at radius 1 is 1.45 bits per heavy atom. The molecule has 0 radical (unpaired) electrons. The molecule has 1 aromatic rings. The minimum Gasteiger partial charge on any atom is -0.465 e. The van der Waals surface area contributed by atoms with E-state index in [2.05, 4.69) is 26.4 Å². The average Bonchev–Trinajstić information content (AvgIpc) is 2.40. The summed E-state index contributed by atoms with van der Waals surface area (Å²) >= 11 is 3.32. The van der Waals surface area contributed by atoms with E-state index in [9.17, 15) is 4.79 Å². The standard InChI is InChI=1S/C12H16BrN3O4/c13-9-3-1-8(2-4-9)7-10(15-12(18)19)11(14)16-20-6-5-17/h1-4,10,15,17H,5-7H2,(H2,14,16)(H,18,19)/t10-/m0/s1. The zero-order valence-electron chi connectivity index (χ0n) is 10.6. The Morgan fingerprint density at radius 2 is 2.10 bits per heavy atom. The Kier molecular flexibility index (Phi) is 6.82. The van der Waals surface area contributed by atoms with Crippen LogP contribution in [0.5, 0.6) is 0 Å². The third-order valence-corrected chi connectivity index (χ3v) is 2.89. The second-order valence-electron chi connectivity index (χ2n) is 3.91. The van der Waals surface area contributed by atoms with Gasteiger partial charge in [-0.1, -0.05) is 33.2 Å². The fourth-order valence-corrected chi connectivity index (χ4v) is 1.72. The van der Waals surface area contributed by atoms with E-state index in [1.807, 2.05) is 24.3 Å². The molecule has 1 amide bonds. The predicted octanol–water partition coefficient (Wildman–Crippen LogP) is 0.909. The lowest BCUT2D eigenvalue weighted by Crippen LogP contribution is -2.45. The minimum absolute atomic E-state index is 0.00122.